The summed E-state index contributed by atoms with van der Waals surface area (Å²) < 4.78 is 10.7. The van der Waals surface area contributed by atoms with Crippen molar-refractivity contribution in [2.45, 2.75) is 19.4 Å². The van der Waals surface area contributed by atoms with Crippen LogP contribution in [-0.2, 0) is 6.42 Å². The Bertz CT molecular complexity index is 961. The van der Waals surface area contributed by atoms with Crippen molar-refractivity contribution in [2.75, 3.05) is 19.1 Å². The molecule has 1 aliphatic rings. The van der Waals surface area contributed by atoms with Crippen molar-refractivity contribution in [1.29, 1.82) is 0 Å². The first-order chi connectivity index (χ1) is 12.1. The first-order valence-electron chi connectivity index (χ1n) is 8.28. The van der Waals surface area contributed by atoms with Gasteiger partial charge in [-0.1, -0.05) is 18.2 Å². The lowest BCUT2D eigenvalue weighted by Crippen LogP contribution is -2.35. The van der Waals surface area contributed by atoms with Gasteiger partial charge in [-0.15, -0.1) is 0 Å². The molecule has 1 atom stereocenters. The Kier molecular flexibility index (Phi) is 3.64. The van der Waals surface area contributed by atoms with Crippen molar-refractivity contribution in [3.63, 3.8) is 0 Å². The number of fused-ring (bicyclic) bond motifs is 2. The van der Waals surface area contributed by atoms with Crippen molar-refractivity contribution in [3.8, 4) is 11.5 Å². The molecule has 0 aliphatic carbocycles. The monoisotopic (exact) mass is 336 g/mol. The number of nitrogens with one attached hydrogen (secondary N) is 1. The summed E-state index contributed by atoms with van der Waals surface area (Å²) in [5.41, 5.74) is 3.69. The summed E-state index contributed by atoms with van der Waals surface area (Å²) in [7, 11) is 3.19. The van der Waals surface area contributed by atoms with Gasteiger partial charge in [0.25, 0.3) is 5.91 Å². The standard InChI is InChI=1S/C20H20N2O3/c1-12-8-13-6-4-5-7-17(13)22(12)20(23)15-11-21-16-10-19(25-3)18(24-2)9-14(15)16/h4-7,9-12,21H,8H2,1-3H3. The van der Waals surface area contributed by atoms with Gasteiger partial charge in [0.05, 0.1) is 25.3 Å². The number of H-pyrrole nitrogens is 1. The molecule has 1 amide bonds. The minimum atomic E-state index is -0.00378. The first kappa shape index (κ1) is 15.6. The number of carbonyl (C=O) groups excluding carboxylic acids is 1. The van der Waals surface area contributed by atoms with E-state index in [1.54, 1.807) is 20.4 Å². The van der Waals surface area contributed by atoms with E-state index in [0.717, 1.165) is 23.0 Å². The molecule has 2 aromatic carbocycles. The van der Waals surface area contributed by atoms with Crippen molar-refractivity contribution in [3.05, 3.63) is 53.7 Å². The van der Waals surface area contributed by atoms with E-state index in [-0.39, 0.29) is 11.9 Å². The number of benzene rings is 2. The molecule has 0 spiro atoms. The highest BCUT2D eigenvalue weighted by molar-refractivity contribution is 6.15. The van der Waals surface area contributed by atoms with Gasteiger partial charge in [-0.2, -0.15) is 0 Å². The van der Waals surface area contributed by atoms with Crippen LogP contribution in [0.4, 0.5) is 5.69 Å². The third-order valence-electron chi connectivity index (χ3n) is 4.84. The minimum absolute atomic E-state index is 0.00378. The lowest BCUT2D eigenvalue weighted by molar-refractivity contribution is 0.0983. The molecule has 0 fully saturated rings. The van der Waals surface area contributed by atoms with Gasteiger partial charge in [0.1, 0.15) is 0 Å². The first-order valence-corrected chi connectivity index (χ1v) is 8.28. The Morgan fingerprint density at radius 1 is 1.16 bits per heavy atom. The average Bonchev–Trinajstić information content (AvgIpc) is 3.19. The van der Waals surface area contributed by atoms with Gasteiger partial charge < -0.3 is 19.4 Å². The van der Waals surface area contributed by atoms with E-state index in [2.05, 4.69) is 18.0 Å². The molecule has 0 saturated heterocycles. The SMILES string of the molecule is COc1cc2[nH]cc(C(=O)N3c4ccccc4CC3C)c2cc1OC. The Balaban J connectivity index is 1.81. The Labute approximate surface area is 146 Å². The zero-order valence-electron chi connectivity index (χ0n) is 14.5. The number of hydrogen-bond acceptors (Lipinski definition) is 3. The number of methoxy groups -OCH3 is 2. The summed E-state index contributed by atoms with van der Waals surface area (Å²) in [5, 5.41) is 0.833. The van der Waals surface area contributed by atoms with Crippen molar-refractivity contribution in [2.24, 2.45) is 0 Å². The Morgan fingerprint density at radius 3 is 2.64 bits per heavy atom. The predicted octanol–water partition coefficient (Wildman–Crippen LogP) is 3.78. The zero-order chi connectivity index (χ0) is 17.6. The van der Waals surface area contributed by atoms with Crippen LogP contribution in [-0.4, -0.2) is 31.2 Å². The van der Waals surface area contributed by atoms with Gasteiger partial charge in [-0.3, -0.25) is 4.79 Å². The van der Waals surface area contributed by atoms with E-state index in [1.165, 1.54) is 5.56 Å². The lowest BCUT2D eigenvalue weighted by atomic mass is 10.1. The second-order valence-electron chi connectivity index (χ2n) is 6.31. The quantitative estimate of drug-likeness (QED) is 0.792. The number of rotatable bonds is 3. The Morgan fingerprint density at radius 2 is 1.88 bits per heavy atom. The highest BCUT2D eigenvalue weighted by atomic mass is 16.5. The topological polar surface area (TPSA) is 54.6 Å². The number of hydrogen-bond donors (Lipinski definition) is 1. The van der Waals surface area contributed by atoms with Gasteiger partial charge in [0, 0.05) is 29.4 Å². The van der Waals surface area contributed by atoms with Crippen molar-refractivity contribution in [1.82, 2.24) is 4.98 Å². The third kappa shape index (κ3) is 2.35. The lowest BCUT2D eigenvalue weighted by Gasteiger charge is -2.22. The molecule has 3 aromatic rings. The van der Waals surface area contributed by atoms with Crippen LogP contribution in [0.5, 0.6) is 11.5 Å². The van der Waals surface area contributed by atoms with Crippen LogP contribution in [0, 0.1) is 0 Å². The maximum Gasteiger partial charge on any atom is 0.260 e. The molecular formula is C20H20N2O3. The largest absolute Gasteiger partial charge is 0.493 e. The van der Waals surface area contributed by atoms with E-state index in [9.17, 15) is 4.79 Å². The van der Waals surface area contributed by atoms with Crippen LogP contribution < -0.4 is 14.4 Å². The van der Waals surface area contributed by atoms with Crippen molar-refractivity contribution < 1.29 is 14.3 Å². The highest BCUT2D eigenvalue weighted by Gasteiger charge is 2.32. The molecule has 0 bridgehead atoms. The van der Waals surface area contributed by atoms with Crippen LogP contribution in [0.15, 0.2) is 42.6 Å². The molecular weight excluding hydrogens is 316 g/mol. The Hall–Kier alpha value is -2.95. The zero-order valence-corrected chi connectivity index (χ0v) is 14.5. The number of para-hydroxylation sites is 1. The van der Waals surface area contributed by atoms with Gasteiger partial charge in [-0.05, 0) is 31.0 Å². The molecule has 2 heterocycles. The normalized spacial score (nSPS) is 16.1. The molecule has 4 rings (SSSR count). The van der Waals surface area contributed by atoms with Crippen LogP contribution in [0.3, 0.4) is 0 Å². The molecule has 1 unspecified atom stereocenters. The van der Waals surface area contributed by atoms with E-state index >= 15 is 0 Å². The van der Waals surface area contributed by atoms with Gasteiger partial charge in [0.2, 0.25) is 0 Å². The third-order valence-corrected chi connectivity index (χ3v) is 4.84. The molecule has 0 saturated carbocycles. The maximum absolute atomic E-state index is 13.3. The number of nitrogens with zero attached hydrogens (tertiary/aromatic N) is 1. The number of aromatic amines is 1. The number of amides is 1. The maximum atomic E-state index is 13.3. The smallest absolute Gasteiger partial charge is 0.260 e. The number of carbonyl (C=O) groups is 1. The van der Waals surface area contributed by atoms with Crippen LogP contribution in [0.2, 0.25) is 0 Å². The van der Waals surface area contributed by atoms with Gasteiger partial charge in [0.15, 0.2) is 11.5 Å². The molecule has 5 nitrogen and oxygen atoms in total. The van der Waals surface area contributed by atoms with E-state index in [4.69, 9.17) is 9.47 Å². The summed E-state index contributed by atoms with van der Waals surface area (Å²) in [4.78, 5) is 18.3. The fraction of sp³-hybridized carbons (Fsp3) is 0.250. The molecule has 1 N–H and O–H groups in total. The second-order valence-corrected chi connectivity index (χ2v) is 6.31. The number of anilines is 1. The van der Waals surface area contributed by atoms with E-state index < -0.39 is 0 Å². The van der Waals surface area contributed by atoms with Gasteiger partial charge in [-0.25, -0.2) is 0 Å². The summed E-state index contributed by atoms with van der Waals surface area (Å²) >= 11 is 0. The fourth-order valence-corrected chi connectivity index (χ4v) is 3.63. The molecule has 1 aliphatic heterocycles. The number of aromatic nitrogens is 1. The van der Waals surface area contributed by atoms with Gasteiger partial charge >= 0.3 is 0 Å². The molecule has 128 valence electrons. The molecule has 5 heteroatoms. The highest BCUT2D eigenvalue weighted by Crippen LogP contribution is 2.37. The second kappa shape index (κ2) is 5.84. The van der Waals surface area contributed by atoms with Crippen LogP contribution >= 0.6 is 0 Å². The average molecular weight is 336 g/mol. The molecule has 1 aromatic heterocycles. The summed E-state index contributed by atoms with van der Waals surface area (Å²) in [6.45, 7) is 2.08. The number of ether oxygens (including phenoxy) is 2. The summed E-state index contributed by atoms with van der Waals surface area (Å²) in [6, 6.07) is 11.9. The van der Waals surface area contributed by atoms with E-state index in [0.29, 0.717) is 17.1 Å². The summed E-state index contributed by atoms with van der Waals surface area (Å²) in [5.74, 6) is 1.24. The molecule has 25 heavy (non-hydrogen) atoms. The molecule has 0 radical (unpaired) electrons. The fourth-order valence-electron chi connectivity index (χ4n) is 3.63. The van der Waals surface area contributed by atoms with Crippen molar-refractivity contribution >= 4 is 22.5 Å². The summed E-state index contributed by atoms with van der Waals surface area (Å²) in [6.07, 6.45) is 2.64. The van der Waals surface area contributed by atoms with Crippen LogP contribution in [0.25, 0.3) is 10.9 Å². The van der Waals surface area contributed by atoms with Crippen LogP contribution in [0.1, 0.15) is 22.8 Å². The minimum Gasteiger partial charge on any atom is -0.493 e. The van der Waals surface area contributed by atoms with E-state index in [1.807, 2.05) is 35.2 Å². The predicted molar refractivity (Wildman–Crippen MR) is 97.8 cm³/mol.